The monoisotopic (exact) mass is 286 g/mol. The first-order valence-electron chi connectivity index (χ1n) is 6.61. The number of methoxy groups -OCH3 is 2. The molecule has 2 rings (SSSR count). The highest BCUT2D eigenvalue weighted by Gasteiger charge is 2.11. The number of carbonyl (C=O) groups excluding carboxylic acids is 1. The van der Waals surface area contributed by atoms with Crippen molar-refractivity contribution in [3.8, 4) is 5.75 Å². The van der Waals surface area contributed by atoms with E-state index in [0.717, 1.165) is 16.9 Å². The molecule has 0 atom stereocenters. The summed E-state index contributed by atoms with van der Waals surface area (Å²) in [5, 5.41) is 0. The Morgan fingerprint density at radius 2 is 1.81 bits per heavy atom. The lowest BCUT2D eigenvalue weighted by atomic mass is 10.1. The Bertz CT molecular complexity index is 607. The largest absolute Gasteiger partial charge is 0.489 e. The van der Waals surface area contributed by atoms with Crippen molar-refractivity contribution in [1.82, 2.24) is 0 Å². The first-order chi connectivity index (χ1) is 10.2. The van der Waals surface area contributed by atoms with Crippen molar-refractivity contribution in [2.75, 3.05) is 14.2 Å². The van der Waals surface area contributed by atoms with Gasteiger partial charge in [0.05, 0.1) is 19.3 Å². The van der Waals surface area contributed by atoms with Crippen molar-refractivity contribution < 1.29 is 19.0 Å². The second-order valence-corrected chi connectivity index (χ2v) is 4.52. The molecular weight excluding hydrogens is 268 g/mol. The molecule has 0 aliphatic heterocycles. The summed E-state index contributed by atoms with van der Waals surface area (Å²) in [6.07, 6.45) is 0. The van der Waals surface area contributed by atoms with Crippen LogP contribution in [-0.4, -0.2) is 20.2 Å². The molecule has 110 valence electrons. The number of esters is 1. The van der Waals surface area contributed by atoms with E-state index in [0.29, 0.717) is 18.8 Å². The zero-order chi connectivity index (χ0) is 15.1. The molecule has 0 heterocycles. The molecule has 4 nitrogen and oxygen atoms in total. The molecule has 4 heteroatoms. The van der Waals surface area contributed by atoms with Crippen LogP contribution in [0.2, 0.25) is 0 Å². The second-order valence-electron chi connectivity index (χ2n) is 4.52. The standard InChI is InChI=1S/C17H18O4/c1-19-11-13-6-5-8-15(10-13)21-12-14-7-3-4-9-16(14)17(18)20-2/h3-10H,11-12H2,1-2H3. The van der Waals surface area contributed by atoms with Gasteiger partial charge in [0.1, 0.15) is 12.4 Å². The van der Waals surface area contributed by atoms with Gasteiger partial charge in [0.15, 0.2) is 0 Å². The summed E-state index contributed by atoms with van der Waals surface area (Å²) in [5.41, 5.74) is 2.35. The summed E-state index contributed by atoms with van der Waals surface area (Å²) in [6.45, 7) is 0.845. The number of hydrogen-bond donors (Lipinski definition) is 0. The molecule has 2 aromatic rings. The Hall–Kier alpha value is -2.33. The van der Waals surface area contributed by atoms with Crippen molar-refractivity contribution in [1.29, 1.82) is 0 Å². The van der Waals surface area contributed by atoms with E-state index in [4.69, 9.17) is 14.2 Å². The lowest BCUT2D eigenvalue weighted by molar-refractivity contribution is 0.0597. The Labute approximate surface area is 124 Å². The van der Waals surface area contributed by atoms with Crippen LogP contribution >= 0.6 is 0 Å². The van der Waals surface area contributed by atoms with Crippen LogP contribution in [0, 0.1) is 0 Å². The van der Waals surface area contributed by atoms with Crippen LogP contribution in [0.25, 0.3) is 0 Å². The minimum Gasteiger partial charge on any atom is -0.489 e. The lowest BCUT2D eigenvalue weighted by Crippen LogP contribution is -2.07. The maximum atomic E-state index is 11.7. The highest BCUT2D eigenvalue weighted by Crippen LogP contribution is 2.17. The zero-order valence-electron chi connectivity index (χ0n) is 12.2. The highest BCUT2D eigenvalue weighted by atomic mass is 16.5. The van der Waals surface area contributed by atoms with Gasteiger partial charge in [0.2, 0.25) is 0 Å². The second kappa shape index (κ2) is 7.45. The molecule has 0 fully saturated rings. The summed E-state index contributed by atoms with van der Waals surface area (Å²) >= 11 is 0. The maximum Gasteiger partial charge on any atom is 0.338 e. The van der Waals surface area contributed by atoms with E-state index >= 15 is 0 Å². The molecule has 0 saturated carbocycles. The summed E-state index contributed by atoms with van der Waals surface area (Å²) in [4.78, 5) is 11.7. The first kappa shape index (κ1) is 15.1. The van der Waals surface area contributed by atoms with Gasteiger partial charge in [-0.05, 0) is 23.8 Å². The molecule has 0 unspecified atom stereocenters. The summed E-state index contributed by atoms with van der Waals surface area (Å²) in [5.74, 6) is 0.381. The minimum atomic E-state index is -0.359. The van der Waals surface area contributed by atoms with E-state index in [1.165, 1.54) is 7.11 Å². The fraction of sp³-hybridized carbons (Fsp3) is 0.235. The van der Waals surface area contributed by atoms with Crippen molar-refractivity contribution in [3.63, 3.8) is 0 Å². The fourth-order valence-electron chi connectivity index (χ4n) is 2.01. The third-order valence-corrected chi connectivity index (χ3v) is 3.03. The molecular formula is C17H18O4. The topological polar surface area (TPSA) is 44.8 Å². The van der Waals surface area contributed by atoms with Crippen LogP contribution in [0.15, 0.2) is 48.5 Å². The minimum absolute atomic E-state index is 0.307. The normalized spacial score (nSPS) is 10.2. The van der Waals surface area contributed by atoms with Gasteiger partial charge in [-0.25, -0.2) is 4.79 Å². The maximum absolute atomic E-state index is 11.7. The molecule has 0 radical (unpaired) electrons. The molecule has 0 aliphatic carbocycles. The molecule has 0 saturated heterocycles. The molecule has 21 heavy (non-hydrogen) atoms. The number of benzene rings is 2. The van der Waals surface area contributed by atoms with Gasteiger partial charge in [-0.1, -0.05) is 30.3 Å². The molecule has 0 spiro atoms. The van der Waals surface area contributed by atoms with E-state index in [1.807, 2.05) is 36.4 Å². The van der Waals surface area contributed by atoms with Crippen LogP contribution in [0.3, 0.4) is 0 Å². The van der Waals surface area contributed by atoms with Crippen molar-refractivity contribution in [2.45, 2.75) is 13.2 Å². The SMILES string of the molecule is COCc1cccc(OCc2ccccc2C(=O)OC)c1. The Kier molecular flexibility index (Phi) is 5.35. The van der Waals surface area contributed by atoms with Crippen LogP contribution in [0.4, 0.5) is 0 Å². The predicted octanol–water partition coefficient (Wildman–Crippen LogP) is 3.20. The zero-order valence-corrected chi connectivity index (χ0v) is 12.2. The molecule has 0 N–H and O–H groups in total. The van der Waals surface area contributed by atoms with Crippen LogP contribution < -0.4 is 4.74 Å². The third-order valence-electron chi connectivity index (χ3n) is 3.03. The molecule has 0 bridgehead atoms. The quantitative estimate of drug-likeness (QED) is 0.765. The van der Waals surface area contributed by atoms with Gasteiger partial charge in [0.25, 0.3) is 0 Å². The Balaban J connectivity index is 2.09. The van der Waals surface area contributed by atoms with Gasteiger partial charge in [-0.15, -0.1) is 0 Å². The molecule has 0 aliphatic rings. The highest BCUT2D eigenvalue weighted by molar-refractivity contribution is 5.90. The van der Waals surface area contributed by atoms with Gasteiger partial charge < -0.3 is 14.2 Å². The molecule has 0 aromatic heterocycles. The Morgan fingerprint density at radius 3 is 2.57 bits per heavy atom. The first-order valence-corrected chi connectivity index (χ1v) is 6.61. The summed E-state index contributed by atoms with van der Waals surface area (Å²) in [6, 6.07) is 14.9. The molecule has 2 aromatic carbocycles. The van der Waals surface area contributed by atoms with Gasteiger partial charge in [-0.3, -0.25) is 0 Å². The lowest BCUT2D eigenvalue weighted by Gasteiger charge is -2.10. The van der Waals surface area contributed by atoms with Crippen LogP contribution in [0.1, 0.15) is 21.5 Å². The number of ether oxygens (including phenoxy) is 3. The Morgan fingerprint density at radius 1 is 1.00 bits per heavy atom. The van der Waals surface area contributed by atoms with E-state index in [2.05, 4.69) is 0 Å². The average Bonchev–Trinajstić information content (AvgIpc) is 2.53. The van der Waals surface area contributed by atoms with E-state index in [9.17, 15) is 4.79 Å². The summed E-state index contributed by atoms with van der Waals surface area (Å²) < 4.78 is 15.6. The smallest absolute Gasteiger partial charge is 0.338 e. The summed E-state index contributed by atoms with van der Waals surface area (Å²) in [7, 11) is 3.02. The van der Waals surface area contributed by atoms with E-state index in [1.54, 1.807) is 19.2 Å². The van der Waals surface area contributed by atoms with E-state index in [-0.39, 0.29) is 5.97 Å². The van der Waals surface area contributed by atoms with Gasteiger partial charge >= 0.3 is 5.97 Å². The number of hydrogen-bond acceptors (Lipinski definition) is 4. The van der Waals surface area contributed by atoms with Crippen LogP contribution in [-0.2, 0) is 22.7 Å². The predicted molar refractivity (Wildman–Crippen MR) is 79.3 cm³/mol. The molecule has 0 amide bonds. The average molecular weight is 286 g/mol. The number of carbonyl (C=O) groups is 1. The fourth-order valence-corrected chi connectivity index (χ4v) is 2.01. The van der Waals surface area contributed by atoms with Crippen molar-refractivity contribution in [2.24, 2.45) is 0 Å². The van der Waals surface area contributed by atoms with Gasteiger partial charge in [-0.2, -0.15) is 0 Å². The van der Waals surface area contributed by atoms with E-state index < -0.39 is 0 Å². The van der Waals surface area contributed by atoms with Crippen molar-refractivity contribution >= 4 is 5.97 Å². The van der Waals surface area contributed by atoms with Crippen molar-refractivity contribution in [3.05, 3.63) is 65.2 Å². The third kappa shape index (κ3) is 4.07. The number of rotatable bonds is 6. The van der Waals surface area contributed by atoms with Crippen LogP contribution in [0.5, 0.6) is 5.75 Å². The van der Waals surface area contributed by atoms with Gasteiger partial charge in [0, 0.05) is 12.7 Å².